The van der Waals surface area contributed by atoms with Crippen molar-refractivity contribution in [3.05, 3.63) is 23.8 Å². The van der Waals surface area contributed by atoms with Crippen molar-refractivity contribution in [1.29, 1.82) is 0 Å². The molecule has 2 rings (SSSR count). The quantitative estimate of drug-likeness (QED) is 0.778. The van der Waals surface area contributed by atoms with E-state index in [9.17, 15) is 13.2 Å². The van der Waals surface area contributed by atoms with E-state index in [0.717, 1.165) is 12.1 Å². The van der Waals surface area contributed by atoms with Crippen LogP contribution < -0.4 is 10.1 Å². The van der Waals surface area contributed by atoms with Crippen LogP contribution in [0.3, 0.4) is 0 Å². The molecule has 0 saturated carbocycles. The number of fused-ring (bicyclic) bond motifs is 1. The van der Waals surface area contributed by atoms with Crippen molar-refractivity contribution in [1.82, 2.24) is 0 Å². The molecule has 88 valence electrons. The number of anilines is 1. The van der Waals surface area contributed by atoms with Gasteiger partial charge in [0.15, 0.2) is 0 Å². The van der Waals surface area contributed by atoms with Crippen LogP contribution in [-0.4, -0.2) is 24.4 Å². The second-order valence-electron chi connectivity index (χ2n) is 3.51. The summed E-state index contributed by atoms with van der Waals surface area (Å²) in [5.41, 5.74) is -0.413. The van der Waals surface area contributed by atoms with Crippen LogP contribution in [0.4, 0.5) is 18.9 Å². The van der Waals surface area contributed by atoms with Crippen molar-refractivity contribution in [3.8, 4) is 5.75 Å². The van der Waals surface area contributed by atoms with Gasteiger partial charge in [0.1, 0.15) is 11.9 Å². The van der Waals surface area contributed by atoms with Gasteiger partial charge >= 0.3 is 6.18 Å². The highest BCUT2D eigenvalue weighted by Crippen LogP contribution is 2.36. The van der Waals surface area contributed by atoms with E-state index < -0.39 is 17.8 Å². The molecular weight excluding hydrogens is 223 g/mol. The normalized spacial score (nSPS) is 19.6. The zero-order valence-corrected chi connectivity index (χ0v) is 8.21. The lowest BCUT2D eigenvalue weighted by Gasteiger charge is -2.26. The van der Waals surface area contributed by atoms with Gasteiger partial charge in [-0.3, -0.25) is 0 Å². The third-order valence-electron chi connectivity index (χ3n) is 2.32. The molecule has 16 heavy (non-hydrogen) atoms. The van der Waals surface area contributed by atoms with Gasteiger partial charge in [0.05, 0.1) is 24.4 Å². The van der Waals surface area contributed by atoms with E-state index in [0.29, 0.717) is 18.0 Å². The molecule has 1 aliphatic rings. The minimum absolute atomic E-state index is 0.173. The monoisotopic (exact) mass is 233 g/mol. The Hall–Kier alpha value is -1.43. The number of ether oxygens (including phenoxy) is 1. The average Bonchev–Trinajstić information content (AvgIpc) is 2.26. The molecule has 1 aromatic rings. The fourth-order valence-corrected chi connectivity index (χ4v) is 1.49. The highest BCUT2D eigenvalue weighted by Gasteiger charge is 2.32. The lowest BCUT2D eigenvalue weighted by molar-refractivity contribution is -0.137. The van der Waals surface area contributed by atoms with Crippen LogP contribution in [0.5, 0.6) is 5.75 Å². The number of alkyl halides is 3. The van der Waals surface area contributed by atoms with Gasteiger partial charge in [0.2, 0.25) is 0 Å². The molecule has 1 heterocycles. The molecule has 0 fully saturated rings. The largest absolute Gasteiger partial charge is 0.484 e. The molecule has 1 aliphatic heterocycles. The lowest BCUT2D eigenvalue weighted by Crippen LogP contribution is -2.33. The second-order valence-corrected chi connectivity index (χ2v) is 3.51. The SMILES string of the molecule is OCC1CNc2cc(C(F)(F)F)ccc2O1. The third-order valence-corrected chi connectivity index (χ3v) is 2.32. The van der Waals surface area contributed by atoms with E-state index in [1.165, 1.54) is 6.07 Å². The van der Waals surface area contributed by atoms with Crippen LogP contribution in [0.1, 0.15) is 5.56 Å². The van der Waals surface area contributed by atoms with E-state index in [2.05, 4.69) is 5.32 Å². The molecule has 1 atom stereocenters. The first-order chi connectivity index (χ1) is 7.50. The molecule has 0 aliphatic carbocycles. The van der Waals surface area contributed by atoms with Crippen LogP contribution in [0.15, 0.2) is 18.2 Å². The van der Waals surface area contributed by atoms with Crippen LogP contribution in [-0.2, 0) is 6.18 Å². The smallest absolute Gasteiger partial charge is 0.416 e. The second kappa shape index (κ2) is 3.86. The molecule has 0 amide bonds. The molecular formula is C10H10F3NO2. The van der Waals surface area contributed by atoms with Crippen molar-refractivity contribution >= 4 is 5.69 Å². The van der Waals surface area contributed by atoms with E-state index in [4.69, 9.17) is 9.84 Å². The van der Waals surface area contributed by atoms with E-state index >= 15 is 0 Å². The Kier molecular flexibility index (Phi) is 2.67. The van der Waals surface area contributed by atoms with Gasteiger partial charge in [-0.05, 0) is 18.2 Å². The highest BCUT2D eigenvalue weighted by atomic mass is 19.4. The maximum absolute atomic E-state index is 12.4. The van der Waals surface area contributed by atoms with Gasteiger partial charge in [-0.15, -0.1) is 0 Å². The van der Waals surface area contributed by atoms with Gasteiger partial charge in [-0.1, -0.05) is 0 Å². The Balaban J connectivity index is 2.28. The summed E-state index contributed by atoms with van der Waals surface area (Å²) >= 11 is 0. The molecule has 3 nitrogen and oxygen atoms in total. The Morgan fingerprint density at radius 1 is 1.44 bits per heavy atom. The van der Waals surface area contributed by atoms with Gasteiger partial charge in [0, 0.05) is 0 Å². The molecule has 6 heteroatoms. The summed E-state index contributed by atoms with van der Waals surface area (Å²) in [5, 5.41) is 11.6. The summed E-state index contributed by atoms with van der Waals surface area (Å²) in [6, 6.07) is 3.22. The van der Waals surface area contributed by atoms with Crippen LogP contribution in [0.25, 0.3) is 0 Å². The van der Waals surface area contributed by atoms with Gasteiger partial charge in [0.25, 0.3) is 0 Å². The Morgan fingerprint density at radius 3 is 2.81 bits per heavy atom. The minimum atomic E-state index is -4.36. The number of halogens is 3. The molecule has 0 saturated heterocycles. The van der Waals surface area contributed by atoms with E-state index in [-0.39, 0.29) is 6.61 Å². The zero-order chi connectivity index (χ0) is 11.8. The first-order valence-corrected chi connectivity index (χ1v) is 4.73. The summed E-state index contributed by atoms with van der Waals surface area (Å²) < 4.78 is 42.4. The van der Waals surface area contributed by atoms with Crippen molar-refractivity contribution in [2.75, 3.05) is 18.5 Å². The molecule has 0 aromatic heterocycles. The Bertz CT molecular complexity index is 392. The fourth-order valence-electron chi connectivity index (χ4n) is 1.49. The molecule has 2 N–H and O–H groups in total. The lowest BCUT2D eigenvalue weighted by atomic mass is 10.1. The van der Waals surface area contributed by atoms with Gasteiger partial charge < -0.3 is 15.2 Å². The highest BCUT2D eigenvalue weighted by molar-refractivity contribution is 5.60. The number of nitrogens with one attached hydrogen (secondary N) is 1. The number of benzene rings is 1. The minimum Gasteiger partial charge on any atom is -0.484 e. The number of hydrogen-bond acceptors (Lipinski definition) is 3. The van der Waals surface area contributed by atoms with Crippen molar-refractivity contribution in [2.24, 2.45) is 0 Å². The molecule has 1 unspecified atom stereocenters. The number of hydrogen-bond donors (Lipinski definition) is 2. The Labute approximate surface area is 89.8 Å². The predicted octanol–water partition coefficient (Wildman–Crippen LogP) is 1.87. The molecule has 1 aromatic carbocycles. The van der Waals surface area contributed by atoms with Crippen LogP contribution in [0.2, 0.25) is 0 Å². The summed E-state index contributed by atoms with van der Waals surface area (Å²) in [7, 11) is 0. The summed E-state index contributed by atoms with van der Waals surface area (Å²) in [4.78, 5) is 0. The molecule has 0 radical (unpaired) electrons. The maximum atomic E-state index is 12.4. The summed E-state index contributed by atoms with van der Waals surface area (Å²) in [5.74, 6) is 0.332. The van der Waals surface area contributed by atoms with E-state index in [1.54, 1.807) is 0 Å². The first kappa shape index (κ1) is 11.1. The van der Waals surface area contributed by atoms with Crippen molar-refractivity contribution in [3.63, 3.8) is 0 Å². The maximum Gasteiger partial charge on any atom is 0.416 e. The predicted molar refractivity (Wildman–Crippen MR) is 51.4 cm³/mol. The number of aliphatic hydroxyl groups is 1. The van der Waals surface area contributed by atoms with E-state index in [1.807, 2.05) is 0 Å². The fraction of sp³-hybridized carbons (Fsp3) is 0.400. The third kappa shape index (κ3) is 2.06. The Morgan fingerprint density at radius 2 is 2.19 bits per heavy atom. The van der Waals surface area contributed by atoms with Gasteiger partial charge in [-0.25, -0.2) is 0 Å². The summed E-state index contributed by atoms with van der Waals surface area (Å²) in [6.45, 7) is 0.123. The van der Waals surface area contributed by atoms with Gasteiger partial charge in [-0.2, -0.15) is 13.2 Å². The van der Waals surface area contributed by atoms with Crippen molar-refractivity contribution < 1.29 is 23.0 Å². The number of aliphatic hydroxyl groups excluding tert-OH is 1. The standard InChI is InChI=1S/C10H10F3NO2/c11-10(12,13)6-1-2-9-8(3-6)14-4-7(5-15)16-9/h1-3,7,14-15H,4-5H2. The number of rotatable bonds is 1. The molecule has 0 bridgehead atoms. The summed E-state index contributed by atoms with van der Waals surface area (Å²) in [6.07, 6.45) is -4.77. The topological polar surface area (TPSA) is 41.5 Å². The van der Waals surface area contributed by atoms with Crippen LogP contribution >= 0.6 is 0 Å². The molecule has 0 spiro atoms. The average molecular weight is 233 g/mol. The first-order valence-electron chi connectivity index (χ1n) is 4.73. The zero-order valence-electron chi connectivity index (χ0n) is 8.21. The van der Waals surface area contributed by atoms with Crippen LogP contribution in [0, 0.1) is 0 Å². The van der Waals surface area contributed by atoms with Crippen molar-refractivity contribution in [2.45, 2.75) is 12.3 Å².